The summed E-state index contributed by atoms with van der Waals surface area (Å²) in [4.78, 5) is 29.3. The number of carbonyl (C=O) groups excluding carboxylic acids is 1. The van der Waals surface area contributed by atoms with Gasteiger partial charge >= 0.3 is 5.97 Å². The first kappa shape index (κ1) is 17.0. The van der Waals surface area contributed by atoms with E-state index in [1.54, 1.807) is 7.11 Å². The molecule has 1 heterocycles. The highest BCUT2D eigenvalue weighted by Gasteiger charge is 2.20. The van der Waals surface area contributed by atoms with Crippen molar-refractivity contribution in [2.75, 3.05) is 20.2 Å². The van der Waals surface area contributed by atoms with Gasteiger partial charge in [0.1, 0.15) is 22.2 Å². The van der Waals surface area contributed by atoms with Gasteiger partial charge in [-0.1, -0.05) is 6.92 Å². The van der Waals surface area contributed by atoms with Crippen LogP contribution in [0.2, 0.25) is 0 Å². The molecule has 2 aromatic rings. The number of hydrogen-bond acceptors (Lipinski definition) is 5. The van der Waals surface area contributed by atoms with E-state index in [9.17, 15) is 9.59 Å². The molecule has 1 aromatic heterocycles. The molecule has 0 atom stereocenters. The normalized spacial score (nSPS) is 10.3. The van der Waals surface area contributed by atoms with Gasteiger partial charge in [-0.3, -0.25) is 9.59 Å². The van der Waals surface area contributed by atoms with Gasteiger partial charge in [0.2, 0.25) is 0 Å². The van der Waals surface area contributed by atoms with E-state index in [4.69, 9.17) is 9.84 Å². The lowest BCUT2D eigenvalue weighted by Gasteiger charge is -2.18. The number of carboxylic acids is 1. The third-order valence-electron chi connectivity index (χ3n) is 3.16. The molecule has 0 aliphatic heterocycles. The Kier molecular flexibility index (Phi) is 5.70. The number of aliphatic carboxylic acids is 1. The zero-order valence-electron chi connectivity index (χ0n) is 13.0. The Hall–Kier alpha value is -2.41. The number of hydrogen-bond donors (Lipinski definition) is 1. The number of amides is 1. The Morgan fingerprint density at radius 2 is 2.00 bits per heavy atom. The zero-order chi connectivity index (χ0) is 16.8. The minimum atomic E-state index is -1.02. The number of benzene rings is 1. The maximum absolute atomic E-state index is 12.4. The highest BCUT2D eigenvalue weighted by Crippen LogP contribution is 2.27. The fourth-order valence-corrected chi connectivity index (χ4v) is 2.97. The van der Waals surface area contributed by atoms with Crippen LogP contribution in [-0.2, 0) is 4.79 Å². The summed E-state index contributed by atoms with van der Waals surface area (Å²) in [6, 6.07) is 7.39. The molecule has 2 rings (SSSR count). The number of ether oxygens (including phenoxy) is 1. The molecular formula is C16H18N2O4S. The first-order valence-electron chi connectivity index (χ1n) is 7.16. The average molecular weight is 334 g/mol. The Bertz CT molecular complexity index is 682. The van der Waals surface area contributed by atoms with Crippen LogP contribution in [0.3, 0.4) is 0 Å². The van der Waals surface area contributed by atoms with E-state index in [1.165, 1.54) is 22.4 Å². The SMILES string of the molecule is CCCN(CC(=O)O)C(=O)c1cnc(-c2ccc(OC)cc2)s1. The smallest absolute Gasteiger partial charge is 0.323 e. The summed E-state index contributed by atoms with van der Waals surface area (Å²) in [5.41, 5.74) is 0.884. The summed E-state index contributed by atoms with van der Waals surface area (Å²) in [5.74, 6) is -0.574. The number of nitrogens with zero attached hydrogens (tertiary/aromatic N) is 2. The molecule has 23 heavy (non-hydrogen) atoms. The van der Waals surface area contributed by atoms with Crippen LogP contribution in [-0.4, -0.2) is 47.1 Å². The second-order valence-electron chi connectivity index (χ2n) is 4.88. The van der Waals surface area contributed by atoms with Crippen molar-refractivity contribution in [2.24, 2.45) is 0 Å². The maximum Gasteiger partial charge on any atom is 0.323 e. The van der Waals surface area contributed by atoms with Crippen LogP contribution < -0.4 is 4.74 Å². The first-order valence-corrected chi connectivity index (χ1v) is 7.98. The van der Waals surface area contributed by atoms with Crippen LogP contribution in [0, 0.1) is 0 Å². The fraction of sp³-hybridized carbons (Fsp3) is 0.312. The minimum Gasteiger partial charge on any atom is -0.497 e. The van der Waals surface area contributed by atoms with E-state index >= 15 is 0 Å². The van der Waals surface area contributed by atoms with Crippen molar-refractivity contribution in [3.63, 3.8) is 0 Å². The Balaban J connectivity index is 2.18. The molecule has 0 fully saturated rings. The molecule has 0 radical (unpaired) electrons. The van der Waals surface area contributed by atoms with Gasteiger partial charge in [-0.15, -0.1) is 11.3 Å². The summed E-state index contributed by atoms with van der Waals surface area (Å²) in [7, 11) is 1.60. The summed E-state index contributed by atoms with van der Waals surface area (Å²) >= 11 is 1.25. The van der Waals surface area contributed by atoms with Crippen LogP contribution in [0.1, 0.15) is 23.0 Å². The molecule has 0 aliphatic carbocycles. The van der Waals surface area contributed by atoms with Gasteiger partial charge < -0.3 is 14.7 Å². The molecule has 1 amide bonds. The number of methoxy groups -OCH3 is 1. The largest absolute Gasteiger partial charge is 0.497 e. The molecule has 0 unspecified atom stereocenters. The van der Waals surface area contributed by atoms with E-state index in [2.05, 4.69) is 4.98 Å². The Morgan fingerprint density at radius 3 is 2.57 bits per heavy atom. The summed E-state index contributed by atoms with van der Waals surface area (Å²) in [6.07, 6.45) is 2.19. The van der Waals surface area contributed by atoms with Crippen molar-refractivity contribution >= 4 is 23.2 Å². The van der Waals surface area contributed by atoms with Gasteiger partial charge in [-0.05, 0) is 30.7 Å². The molecule has 0 spiro atoms. The fourth-order valence-electron chi connectivity index (χ4n) is 2.08. The molecule has 0 saturated carbocycles. The van der Waals surface area contributed by atoms with Gasteiger partial charge in [0, 0.05) is 12.1 Å². The molecule has 1 N–H and O–H groups in total. The zero-order valence-corrected chi connectivity index (χ0v) is 13.8. The Labute approximate surface area is 138 Å². The van der Waals surface area contributed by atoms with Gasteiger partial charge in [0.15, 0.2) is 0 Å². The van der Waals surface area contributed by atoms with Gasteiger partial charge in [-0.2, -0.15) is 0 Å². The number of thiazole rings is 1. The number of aromatic nitrogens is 1. The topological polar surface area (TPSA) is 79.7 Å². The number of rotatable bonds is 7. The van der Waals surface area contributed by atoms with Crippen molar-refractivity contribution in [2.45, 2.75) is 13.3 Å². The van der Waals surface area contributed by atoms with Gasteiger partial charge in [0.25, 0.3) is 5.91 Å². The molecule has 0 bridgehead atoms. The standard InChI is InChI=1S/C16H18N2O4S/c1-3-8-18(10-14(19)20)16(21)13-9-17-15(23-13)11-4-6-12(22-2)7-5-11/h4-7,9H,3,8,10H2,1-2H3,(H,19,20). The summed E-state index contributed by atoms with van der Waals surface area (Å²) in [6.45, 7) is 2.00. The Morgan fingerprint density at radius 1 is 1.30 bits per heavy atom. The van der Waals surface area contributed by atoms with E-state index in [0.29, 0.717) is 22.9 Å². The number of carbonyl (C=O) groups is 2. The molecule has 122 valence electrons. The van der Waals surface area contributed by atoms with Crippen LogP contribution in [0.25, 0.3) is 10.6 Å². The molecule has 0 saturated heterocycles. The molecule has 6 nitrogen and oxygen atoms in total. The van der Waals surface area contributed by atoms with Crippen molar-refractivity contribution in [1.82, 2.24) is 9.88 Å². The van der Waals surface area contributed by atoms with Crippen LogP contribution in [0.5, 0.6) is 5.75 Å². The van der Waals surface area contributed by atoms with Crippen molar-refractivity contribution in [3.8, 4) is 16.3 Å². The average Bonchev–Trinajstić information content (AvgIpc) is 3.03. The predicted molar refractivity (Wildman–Crippen MR) is 87.9 cm³/mol. The summed E-state index contributed by atoms with van der Waals surface area (Å²) < 4.78 is 5.11. The van der Waals surface area contributed by atoms with E-state index in [0.717, 1.165) is 11.3 Å². The lowest BCUT2D eigenvalue weighted by Crippen LogP contribution is -2.35. The second-order valence-corrected chi connectivity index (χ2v) is 5.91. The van der Waals surface area contributed by atoms with E-state index in [1.807, 2.05) is 31.2 Å². The lowest BCUT2D eigenvalue weighted by atomic mass is 10.2. The highest BCUT2D eigenvalue weighted by molar-refractivity contribution is 7.16. The van der Waals surface area contributed by atoms with Crippen molar-refractivity contribution in [3.05, 3.63) is 35.3 Å². The third kappa shape index (κ3) is 4.29. The van der Waals surface area contributed by atoms with Crippen LogP contribution in [0.15, 0.2) is 30.5 Å². The van der Waals surface area contributed by atoms with Crippen LogP contribution >= 0.6 is 11.3 Å². The molecule has 1 aromatic carbocycles. The maximum atomic E-state index is 12.4. The molecule has 0 aliphatic rings. The quantitative estimate of drug-likeness (QED) is 0.842. The number of carboxylic acid groups (broad SMARTS) is 1. The van der Waals surface area contributed by atoms with Crippen LogP contribution in [0.4, 0.5) is 0 Å². The minimum absolute atomic E-state index is 0.300. The summed E-state index contributed by atoms with van der Waals surface area (Å²) in [5, 5.41) is 9.63. The predicted octanol–water partition coefficient (Wildman–Crippen LogP) is 2.76. The second kappa shape index (κ2) is 7.73. The van der Waals surface area contributed by atoms with E-state index in [-0.39, 0.29) is 12.5 Å². The monoisotopic (exact) mass is 334 g/mol. The van der Waals surface area contributed by atoms with Crippen molar-refractivity contribution < 1.29 is 19.4 Å². The van der Waals surface area contributed by atoms with Gasteiger partial charge in [-0.25, -0.2) is 4.98 Å². The van der Waals surface area contributed by atoms with Crippen molar-refractivity contribution in [1.29, 1.82) is 0 Å². The first-order chi connectivity index (χ1) is 11.0. The van der Waals surface area contributed by atoms with Gasteiger partial charge in [0.05, 0.1) is 13.3 Å². The third-order valence-corrected chi connectivity index (χ3v) is 4.19. The molecule has 7 heteroatoms. The molecular weight excluding hydrogens is 316 g/mol. The highest BCUT2D eigenvalue weighted by atomic mass is 32.1. The van der Waals surface area contributed by atoms with E-state index < -0.39 is 5.97 Å². The lowest BCUT2D eigenvalue weighted by molar-refractivity contribution is -0.137.